The van der Waals surface area contributed by atoms with Crippen LogP contribution in [0, 0.1) is 11.7 Å². The molecule has 0 saturated carbocycles. The van der Waals surface area contributed by atoms with Crippen LogP contribution in [-0.2, 0) is 0 Å². The Kier molecular flexibility index (Phi) is 3.91. The molecule has 1 saturated heterocycles. The highest BCUT2D eigenvalue weighted by molar-refractivity contribution is 5.57. The van der Waals surface area contributed by atoms with Crippen LogP contribution in [0.2, 0.25) is 0 Å². The summed E-state index contributed by atoms with van der Waals surface area (Å²) in [5.74, 6) is 0.465. The van der Waals surface area contributed by atoms with E-state index in [2.05, 4.69) is 18.7 Å². The average molecular weight is 250 g/mol. The van der Waals surface area contributed by atoms with Gasteiger partial charge in [-0.1, -0.05) is 19.1 Å². The zero-order valence-corrected chi connectivity index (χ0v) is 11.5. The lowest BCUT2D eigenvalue weighted by atomic mass is 9.93. The second-order valence-corrected chi connectivity index (χ2v) is 5.65. The maximum atomic E-state index is 14.2. The highest BCUT2D eigenvalue weighted by Crippen LogP contribution is 2.34. The summed E-state index contributed by atoms with van der Waals surface area (Å²) < 4.78 is 14.2. The second-order valence-electron chi connectivity index (χ2n) is 5.65. The number of nitrogens with zero attached hydrogens (tertiary/aromatic N) is 1. The van der Waals surface area contributed by atoms with Crippen LogP contribution in [0.15, 0.2) is 18.2 Å². The van der Waals surface area contributed by atoms with Crippen molar-refractivity contribution in [3.05, 3.63) is 29.6 Å². The Hall–Kier alpha value is -1.09. The fourth-order valence-corrected chi connectivity index (χ4v) is 2.80. The summed E-state index contributed by atoms with van der Waals surface area (Å²) in [4.78, 5) is 2.20. The van der Waals surface area contributed by atoms with Crippen molar-refractivity contribution in [2.45, 2.75) is 45.7 Å². The Balaban J connectivity index is 2.42. The van der Waals surface area contributed by atoms with Gasteiger partial charge in [0.2, 0.25) is 0 Å². The quantitative estimate of drug-likeness (QED) is 0.871. The van der Waals surface area contributed by atoms with Crippen molar-refractivity contribution in [3.8, 4) is 0 Å². The molecule has 2 unspecified atom stereocenters. The fraction of sp³-hybridized carbons (Fsp3) is 0.600. The van der Waals surface area contributed by atoms with E-state index in [0.29, 0.717) is 17.6 Å². The molecular weight excluding hydrogens is 227 g/mol. The van der Waals surface area contributed by atoms with Crippen molar-refractivity contribution in [1.29, 1.82) is 0 Å². The Labute approximate surface area is 109 Å². The number of anilines is 1. The predicted octanol–water partition coefficient (Wildman–Crippen LogP) is 3.47. The first-order valence-corrected chi connectivity index (χ1v) is 6.81. The van der Waals surface area contributed by atoms with Crippen LogP contribution in [0.4, 0.5) is 10.1 Å². The molecule has 0 aromatic heterocycles. The normalized spacial score (nSPS) is 26.2. The third-order valence-corrected chi connectivity index (χ3v) is 3.91. The summed E-state index contributed by atoms with van der Waals surface area (Å²) in [7, 11) is 0. The molecule has 2 rings (SSSR count). The molecule has 3 atom stereocenters. The molecule has 0 amide bonds. The summed E-state index contributed by atoms with van der Waals surface area (Å²) in [6, 6.07) is 5.47. The molecule has 2 N–H and O–H groups in total. The van der Waals surface area contributed by atoms with Gasteiger partial charge < -0.3 is 10.6 Å². The van der Waals surface area contributed by atoms with Gasteiger partial charge in [0.05, 0.1) is 5.69 Å². The molecule has 1 aliphatic rings. The number of rotatable bonds is 2. The van der Waals surface area contributed by atoms with Crippen LogP contribution < -0.4 is 10.6 Å². The van der Waals surface area contributed by atoms with Gasteiger partial charge in [0.15, 0.2) is 0 Å². The first-order valence-electron chi connectivity index (χ1n) is 6.81. The largest absolute Gasteiger partial charge is 0.366 e. The summed E-state index contributed by atoms with van der Waals surface area (Å²) in [5, 5.41) is 0. The highest BCUT2D eigenvalue weighted by Gasteiger charge is 2.27. The lowest BCUT2D eigenvalue weighted by Crippen LogP contribution is -2.42. The van der Waals surface area contributed by atoms with E-state index in [1.54, 1.807) is 6.07 Å². The van der Waals surface area contributed by atoms with E-state index in [-0.39, 0.29) is 11.9 Å². The standard InChI is InChI=1S/C15H23FN2/c1-10-7-8-11(2)18(9-10)15-13(12(3)17)5-4-6-14(15)16/h4-6,10-12H,7-9,17H2,1-3H3/t10?,11?,12-/m1/s1. The van der Waals surface area contributed by atoms with Crippen LogP contribution in [0.3, 0.4) is 0 Å². The summed E-state index contributed by atoms with van der Waals surface area (Å²) in [6.45, 7) is 7.23. The summed E-state index contributed by atoms with van der Waals surface area (Å²) in [6.07, 6.45) is 2.34. The second kappa shape index (κ2) is 5.27. The summed E-state index contributed by atoms with van der Waals surface area (Å²) in [5.41, 5.74) is 7.60. The number of hydrogen-bond donors (Lipinski definition) is 1. The van der Waals surface area contributed by atoms with Crippen molar-refractivity contribution < 1.29 is 4.39 Å². The molecule has 1 aromatic rings. The van der Waals surface area contributed by atoms with E-state index in [1.807, 2.05) is 13.0 Å². The molecule has 2 nitrogen and oxygen atoms in total. The predicted molar refractivity (Wildman–Crippen MR) is 74.2 cm³/mol. The van der Waals surface area contributed by atoms with Gasteiger partial charge in [0.25, 0.3) is 0 Å². The molecule has 0 aliphatic carbocycles. The smallest absolute Gasteiger partial charge is 0.146 e. The van der Waals surface area contributed by atoms with Gasteiger partial charge in [-0.05, 0) is 44.2 Å². The molecular formula is C15H23FN2. The third kappa shape index (κ3) is 2.51. The SMILES string of the molecule is CC1CCC(C)N(c2c(F)cccc2[C@@H](C)N)C1. The van der Waals surface area contributed by atoms with Crippen LogP contribution >= 0.6 is 0 Å². The summed E-state index contributed by atoms with van der Waals surface area (Å²) >= 11 is 0. The average Bonchev–Trinajstić information content (AvgIpc) is 2.32. The van der Waals surface area contributed by atoms with Gasteiger partial charge in [-0.2, -0.15) is 0 Å². The number of benzene rings is 1. The van der Waals surface area contributed by atoms with E-state index >= 15 is 0 Å². The van der Waals surface area contributed by atoms with Crippen LogP contribution in [-0.4, -0.2) is 12.6 Å². The maximum absolute atomic E-state index is 14.2. The molecule has 1 fully saturated rings. The minimum absolute atomic E-state index is 0.139. The molecule has 0 radical (unpaired) electrons. The lowest BCUT2D eigenvalue weighted by molar-refractivity contribution is 0.385. The van der Waals surface area contributed by atoms with E-state index in [0.717, 1.165) is 18.5 Å². The van der Waals surface area contributed by atoms with Crippen molar-refractivity contribution in [2.75, 3.05) is 11.4 Å². The fourth-order valence-electron chi connectivity index (χ4n) is 2.80. The molecule has 0 spiro atoms. The van der Waals surface area contributed by atoms with Gasteiger partial charge >= 0.3 is 0 Å². The Morgan fingerprint density at radius 3 is 2.72 bits per heavy atom. The van der Waals surface area contributed by atoms with E-state index in [1.165, 1.54) is 12.5 Å². The van der Waals surface area contributed by atoms with E-state index in [4.69, 9.17) is 5.73 Å². The minimum atomic E-state index is -0.147. The zero-order chi connectivity index (χ0) is 13.3. The van der Waals surface area contributed by atoms with Crippen LogP contribution in [0.1, 0.15) is 45.2 Å². The molecule has 18 heavy (non-hydrogen) atoms. The minimum Gasteiger partial charge on any atom is -0.366 e. The van der Waals surface area contributed by atoms with E-state index in [9.17, 15) is 4.39 Å². The Morgan fingerprint density at radius 2 is 2.06 bits per heavy atom. The number of piperidine rings is 1. The first kappa shape index (κ1) is 13.3. The molecule has 3 heteroatoms. The van der Waals surface area contributed by atoms with Crippen LogP contribution in [0.5, 0.6) is 0 Å². The monoisotopic (exact) mass is 250 g/mol. The van der Waals surface area contributed by atoms with Crippen molar-refractivity contribution in [2.24, 2.45) is 11.7 Å². The first-order chi connectivity index (χ1) is 8.50. The van der Waals surface area contributed by atoms with E-state index < -0.39 is 0 Å². The Bertz CT molecular complexity index is 417. The molecule has 100 valence electrons. The van der Waals surface area contributed by atoms with Crippen molar-refractivity contribution in [3.63, 3.8) is 0 Å². The van der Waals surface area contributed by atoms with Crippen molar-refractivity contribution in [1.82, 2.24) is 0 Å². The van der Waals surface area contributed by atoms with Gasteiger partial charge in [-0.15, -0.1) is 0 Å². The van der Waals surface area contributed by atoms with Crippen LogP contribution in [0.25, 0.3) is 0 Å². The maximum Gasteiger partial charge on any atom is 0.146 e. The number of para-hydroxylation sites is 1. The van der Waals surface area contributed by atoms with Gasteiger partial charge in [0, 0.05) is 18.6 Å². The third-order valence-electron chi connectivity index (χ3n) is 3.91. The number of halogens is 1. The Morgan fingerprint density at radius 1 is 1.33 bits per heavy atom. The molecule has 1 aromatic carbocycles. The van der Waals surface area contributed by atoms with Gasteiger partial charge in [0.1, 0.15) is 5.82 Å². The topological polar surface area (TPSA) is 29.3 Å². The zero-order valence-electron chi connectivity index (χ0n) is 11.5. The number of nitrogens with two attached hydrogens (primary N) is 1. The van der Waals surface area contributed by atoms with Gasteiger partial charge in [-0.25, -0.2) is 4.39 Å². The molecule has 1 heterocycles. The number of hydrogen-bond acceptors (Lipinski definition) is 2. The highest BCUT2D eigenvalue weighted by atomic mass is 19.1. The lowest BCUT2D eigenvalue weighted by Gasteiger charge is -2.40. The van der Waals surface area contributed by atoms with Gasteiger partial charge in [-0.3, -0.25) is 0 Å². The van der Waals surface area contributed by atoms with Crippen molar-refractivity contribution >= 4 is 5.69 Å². The molecule has 0 bridgehead atoms. The molecule has 1 aliphatic heterocycles.